The number of allylic oxidation sites excluding steroid dienone is 1. The van der Waals surface area contributed by atoms with Crippen LogP contribution in [-0.2, 0) is 114 Å². The van der Waals surface area contributed by atoms with Crippen LogP contribution < -0.4 is 31.9 Å². The summed E-state index contributed by atoms with van der Waals surface area (Å²) in [5.74, 6) is -5.41. The van der Waals surface area contributed by atoms with Crippen LogP contribution in [0.15, 0.2) is 103 Å². The maximum Gasteiger partial charge on any atom is 0.410 e. The molecule has 0 bridgehead atoms. The van der Waals surface area contributed by atoms with Gasteiger partial charge in [-0.05, 0) is 151 Å². The van der Waals surface area contributed by atoms with Crippen molar-refractivity contribution in [3.05, 3.63) is 147 Å². The first-order chi connectivity index (χ1) is 49.8. The van der Waals surface area contributed by atoms with Crippen molar-refractivity contribution in [1.82, 2.24) is 31.2 Å². The van der Waals surface area contributed by atoms with Gasteiger partial charge in [-0.3, -0.25) is 61.7 Å². The van der Waals surface area contributed by atoms with Gasteiger partial charge in [-0.2, -0.15) is 8.78 Å². The maximum absolute atomic E-state index is 16.3. The Kier molecular flexibility index (Phi) is 28.1. The van der Waals surface area contributed by atoms with Crippen LogP contribution in [0.4, 0.5) is 14.5 Å². The Labute approximate surface area is 621 Å². The summed E-state index contributed by atoms with van der Waals surface area (Å²) in [4.78, 5) is 129. The third-order valence-electron chi connectivity index (χ3n) is 18.5. The fraction of sp³-hybridized carbons (Fsp3) is 0.506. The number of alkyl halides is 2. The molecule has 3 aliphatic rings. The number of carbonyl (C=O) groups is 9. The zero-order valence-electron chi connectivity index (χ0n) is 62.2. The van der Waals surface area contributed by atoms with Gasteiger partial charge in [0.25, 0.3) is 0 Å². The lowest BCUT2D eigenvalue weighted by atomic mass is 9.85. The number of ether oxygens (including phenoxy) is 4. The fourth-order valence-corrected chi connectivity index (χ4v) is 14.4. The largest absolute Gasteiger partial charge is 0.438 e. The van der Waals surface area contributed by atoms with Crippen LogP contribution in [0.2, 0.25) is 0 Å². The molecule has 106 heavy (non-hydrogen) atoms. The zero-order valence-corrected chi connectivity index (χ0v) is 63.9. The van der Waals surface area contributed by atoms with Crippen LogP contribution in [0.1, 0.15) is 159 Å². The van der Waals surface area contributed by atoms with Gasteiger partial charge in [0.05, 0.1) is 57.5 Å². The number of β-amino-alcohol motifs (C(OH)–C–C–N with tert-alkyl or cyclic N) is 1. The molecule has 7 amide bonds. The number of aromatic nitrogens is 1. The smallest absolute Gasteiger partial charge is 0.410 e. The molecule has 1 fully saturated rings. The van der Waals surface area contributed by atoms with Crippen LogP contribution in [0.25, 0.3) is 16.0 Å². The maximum atomic E-state index is 16.3. The Morgan fingerprint density at radius 3 is 2.03 bits per heavy atom. The number of amides is 7. The molecule has 25 nitrogen and oxygen atoms in total. The number of nitrogens with one attached hydrogen (secondary N) is 4. The molecular formula is C77H99F2N8O17PS. The van der Waals surface area contributed by atoms with Gasteiger partial charge in [-0.15, -0.1) is 11.3 Å². The summed E-state index contributed by atoms with van der Waals surface area (Å²) in [7, 11) is -5.62. The van der Waals surface area contributed by atoms with Gasteiger partial charge in [0.1, 0.15) is 30.8 Å². The summed E-state index contributed by atoms with van der Waals surface area (Å²) >= 11 is 1.55. The van der Waals surface area contributed by atoms with Gasteiger partial charge < -0.3 is 56.0 Å². The van der Waals surface area contributed by atoms with E-state index in [4.69, 9.17) is 33.7 Å². The topological polar surface area (TPSA) is 340 Å². The lowest BCUT2D eigenvalue weighted by Gasteiger charge is -2.35. The number of aliphatic hydroxyl groups excluding tert-OH is 1. The molecule has 29 heteroatoms. The van der Waals surface area contributed by atoms with Gasteiger partial charge in [0.2, 0.25) is 54.9 Å². The van der Waals surface area contributed by atoms with Crippen molar-refractivity contribution in [2.24, 2.45) is 22.0 Å². The molecule has 4 aromatic carbocycles. The molecule has 5 aromatic rings. The molecule has 0 spiro atoms. The van der Waals surface area contributed by atoms with Crippen molar-refractivity contribution in [2.75, 3.05) is 38.2 Å². The van der Waals surface area contributed by atoms with E-state index < -0.39 is 144 Å². The van der Waals surface area contributed by atoms with Crippen LogP contribution in [0, 0.1) is 23.2 Å². The molecule has 7 N–H and O–H groups in total. The first-order valence-electron chi connectivity index (χ1n) is 35.4. The molecule has 0 aliphatic carbocycles. The number of nitrogens with two attached hydrogens (primary N) is 1. The number of unbranched alkanes of at least 4 members (excludes halogenated alkanes) is 1. The SMILES string of the molecule is C/C(=C\C(=O)N[C@H]1CCc2cccc3c2N(C1=O)[C@H](C(=O)N[C@@H](CCC(N)=O)[C@@H](C)OCc1ccc(CCCCOCC(=O)N[C@H](C(=O)N2C[C@@H](O)C[C@H]2C(=O)NCc2ccc(-c4scnc4C)cc2)C(C)(C)C)cc1)C3)c1ccc(C(F)(F)P(=O)(OCOC(=O)C(C)(C)C)OCOC(=O)C(C)(C)C)cc1. The number of likely N-dealkylation sites (tertiary alicyclic amines) is 1. The number of para-hydroxylation sites is 1. The summed E-state index contributed by atoms with van der Waals surface area (Å²) in [5, 5.41) is 22.3. The number of benzene rings is 4. The molecule has 1 saturated heterocycles. The number of nitrogens with zero attached hydrogens (tertiary/aromatic N) is 3. The van der Waals surface area contributed by atoms with Crippen LogP contribution in [0.3, 0.4) is 0 Å². The molecule has 4 heterocycles. The van der Waals surface area contributed by atoms with Gasteiger partial charge in [-0.1, -0.05) is 112 Å². The number of primary amides is 1. The molecule has 1 aromatic heterocycles. The van der Waals surface area contributed by atoms with Gasteiger partial charge >= 0.3 is 25.2 Å². The molecule has 0 saturated carbocycles. The number of esters is 2. The second kappa shape index (κ2) is 35.8. The highest BCUT2D eigenvalue weighted by Crippen LogP contribution is 2.67. The average Bonchev–Trinajstić information content (AvgIpc) is 1.56. The van der Waals surface area contributed by atoms with E-state index in [0.29, 0.717) is 24.9 Å². The lowest BCUT2D eigenvalue weighted by Crippen LogP contribution is -2.58. The number of hydrogen-bond donors (Lipinski definition) is 6. The van der Waals surface area contributed by atoms with E-state index >= 15 is 8.78 Å². The summed E-state index contributed by atoms with van der Waals surface area (Å²) in [6.07, 6.45) is 2.48. The Balaban J connectivity index is 0.803. The van der Waals surface area contributed by atoms with E-state index in [1.807, 2.05) is 94.4 Å². The number of halogens is 2. The summed E-state index contributed by atoms with van der Waals surface area (Å²) in [6.45, 7) is 17.7. The van der Waals surface area contributed by atoms with Crippen LogP contribution >= 0.6 is 18.9 Å². The van der Waals surface area contributed by atoms with E-state index in [1.54, 1.807) is 23.8 Å². The van der Waals surface area contributed by atoms with Gasteiger partial charge in [0.15, 0.2) is 0 Å². The van der Waals surface area contributed by atoms with Crippen molar-refractivity contribution < 1.29 is 89.6 Å². The minimum Gasteiger partial charge on any atom is -0.438 e. The highest BCUT2D eigenvalue weighted by molar-refractivity contribution is 7.54. The van der Waals surface area contributed by atoms with Gasteiger partial charge in [0, 0.05) is 50.6 Å². The lowest BCUT2D eigenvalue weighted by molar-refractivity contribution is -0.163. The first-order valence-corrected chi connectivity index (χ1v) is 37.8. The fourth-order valence-electron chi connectivity index (χ4n) is 12.3. The van der Waals surface area contributed by atoms with E-state index in [1.165, 1.54) is 76.5 Å². The minimum absolute atomic E-state index is 0.0547. The number of hydrogen-bond acceptors (Lipinski definition) is 19. The average molecular weight is 1510 g/mol. The number of anilines is 1. The minimum atomic E-state index is -5.62. The van der Waals surface area contributed by atoms with Crippen molar-refractivity contribution in [2.45, 2.75) is 202 Å². The summed E-state index contributed by atoms with van der Waals surface area (Å²) in [5.41, 5.74) is 6.68. The summed E-state index contributed by atoms with van der Waals surface area (Å²) in [6, 6.07) is 20.6. The number of aliphatic hydroxyl groups is 1. The van der Waals surface area contributed by atoms with E-state index in [0.717, 1.165) is 62.5 Å². The monoisotopic (exact) mass is 1510 g/mol. The van der Waals surface area contributed by atoms with E-state index in [2.05, 4.69) is 26.3 Å². The predicted octanol–water partition coefficient (Wildman–Crippen LogP) is 9.78. The molecule has 0 unspecified atom stereocenters. The van der Waals surface area contributed by atoms with Gasteiger partial charge in [-0.25, -0.2) is 4.98 Å². The molecule has 7 atom stereocenters. The number of thiazole rings is 1. The normalized spacial score (nSPS) is 17.9. The molecular weight excluding hydrogens is 1410 g/mol. The number of aryl methyl sites for hydroxylation is 3. The second-order valence-corrected chi connectivity index (χ2v) is 33.1. The quantitative estimate of drug-likeness (QED) is 0.00748. The molecule has 574 valence electrons. The Bertz CT molecular complexity index is 4020. The number of rotatable bonds is 33. The highest BCUT2D eigenvalue weighted by atomic mass is 32.1. The highest BCUT2D eigenvalue weighted by Gasteiger charge is 2.56. The van der Waals surface area contributed by atoms with Crippen molar-refractivity contribution in [1.29, 1.82) is 0 Å². The summed E-state index contributed by atoms with van der Waals surface area (Å²) < 4.78 is 78.4. The van der Waals surface area contributed by atoms with E-state index in [9.17, 15) is 52.8 Å². The van der Waals surface area contributed by atoms with Crippen molar-refractivity contribution in [3.63, 3.8) is 0 Å². The molecule has 0 radical (unpaired) electrons. The molecule has 3 aliphatic heterocycles. The van der Waals surface area contributed by atoms with Crippen LogP contribution in [-0.4, -0.2) is 144 Å². The predicted molar refractivity (Wildman–Crippen MR) is 393 cm³/mol. The van der Waals surface area contributed by atoms with Crippen LogP contribution in [0.5, 0.6) is 0 Å². The van der Waals surface area contributed by atoms with E-state index in [-0.39, 0.29) is 76.2 Å². The third kappa shape index (κ3) is 21.8. The number of carbonyl (C=O) groups excluding carboxylic acids is 9. The Morgan fingerprint density at radius 1 is 0.802 bits per heavy atom. The first kappa shape index (κ1) is 83.0. The zero-order chi connectivity index (χ0) is 77.6. The Morgan fingerprint density at radius 2 is 1.42 bits per heavy atom. The van der Waals surface area contributed by atoms with Crippen molar-refractivity contribution >= 4 is 83.5 Å². The Hall–Kier alpha value is -8.63. The second-order valence-electron chi connectivity index (χ2n) is 30.2. The standard InChI is InChI=1S/C77H99F2N8O17PS/c1-46(52-27-30-56(31-28-52)77(78,79)105(98,103-44-101-72(96)75(7,8)9)104-45-102-73(97)76(10,11)12)36-63(90)83-59-32-29-53-17-15-18-55-37-61(87(65(53)55)70(59)94)69(93)84-58(33-34-62(80)89)48(3)100-41-51-21-19-49(20-22-51)16-13-14-35-99-42-64(91)85-67(74(4,5)6)71(95)86-40-57(88)38-60(86)68(92)81-39-50-23-25-54(26-24-50)66-47(2)82-43-106-66/h15,17-28,30-31,36,43,48,57-61,67,88H,13-14,16,29,32-35,37-42,44-45H2,1-12H3,(H2,80,89)(H,81,92)(H,83,90)(H,84,93)(H,85,91)/b46-36+/t48-,57+,58+,59+,60+,61+,67-/m1/s1. The van der Waals surface area contributed by atoms with Crippen molar-refractivity contribution in [3.8, 4) is 10.4 Å². The third-order valence-corrected chi connectivity index (χ3v) is 21.4. The molecule has 8 rings (SSSR count).